The van der Waals surface area contributed by atoms with Crippen LogP contribution in [0.4, 0.5) is 15.8 Å². The van der Waals surface area contributed by atoms with Crippen molar-refractivity contribution in [3.05, 3.63) is 54.1 Å². The highest BCUT2D eigenvalue weighted by molar-refractivity contribution is 6.08. The Balaban J connectivity index is 2.29. The van der Waals surface area contributed by atoms with Gasteiger partial charge >= 0.3 is 0 Å². The van der Waals surface area contributed by atoms with E-state index < -0.39 is 0 Å². The lowest BCUT2D eigenvalue weighted by molar-refractivity contribution is 0.0993. The number of nitrogens with zero attached hydrogens (tertiary/aromatic N) is 2. The maximum absolute atomic E-state index is 12.8. The standard InChI is InChI=1S/C13H12FN3O/c1-17(10-4-2-9(14)3-5-10)13(18)11-8-16-7-6-12(11)15/h2-8H,1H3,(H2,15,16). The van der Waals surface area contributed by atoms with Gasteiger partial charge in [0.05, 0.1) is 5.56 Å². The zero-order chi connectivity index (χ0) is 13.1. The first kappa shape index (κ1) is 12.0. The number of pyridine rings is 1. The zero-order valence-corrected chi connectivity index (χ0v) is 9.80. The van der Waals surface area contributed by atoms with Crippen molar-refractivity contribution in [1.82, 2.24) is 4.98 Å². The van der Waals surface area contributed by atoms with Crippen molar-refractivity contribution in [3.8, 4) is 0 Å². The van der Waals surface area contributed by atoms with Gasteiger partial charge in [0.2, 0.25) is 0 Å². The molecule has 0 aliphatic heterocycles. The maximum Gasteiger partial charge on any atom is 0.261 e. The molecule has 2 aromatic rings. The Morgan fingerprint density at radius 1 is 1.28 bits per heavy atom. The second-order valence-corrected chi connectivity index (χ2v) is 3.80. The van der Waals surface area contributed by atoms with Gasteiger partial charge in [0, 0.05) is 30.8 Å². The molecule has 18 heavy (non-hydrogen) atoms. The summed E-state index contributed by atoms with van der Waals surface area (Å²) < 4.78 is 12.8. The topological polar surface area (TPSA) is 59.2 Å². The summed E-state index contributed by atoms with van der Waals surface area (Å²) in [6, 6.07) is 7.21. The maximum atomic E-state index is 12.8. The molecular weight excluding hydrogens is 233 g/mol. The minimum absolute atomic E-state index is 0.285. The van der Waals surface area contributed by atoms with Crippen LogP contribution in [0.1, 0.15) is 10.4 Å². The molecule has 4 nitrogen and oxygen atoms in total. The van der Waals surface area contributed by atoms with Gasteiger partial charge in [0.25, 0.3) is 5.91 Å². The third-order valence-corrected chi connectivity index (χ3v) is 2.60. The van der Waals surface area contributed by atoms with Gasteiger partial charge in [-0.25, -0.2) is 4.39 Å². The van der Waals surface area contributed by atoms with Crippen LogP contribution in [0.2, 0.25) is 0 Å². The SMILES string of the molecule is CN(C(=O)c1cnccc1N)c1ccc(F)cc1. The van der Waals surface area contributed by atoms with Gasteiger partial charge in [0.1, 0.15) is 5.82 Å². The number of amides is 1. The van der Waals surface area contributed by atoms with Crippen molar-refractivity contribution < 1.29 is 9.18 Å². The van der Waals surface area contributed by atoms with E-state index in [1.165, 1.54) is 41.6 Å². The van der Waals surface area contributed by atoms with Gasteiger partial charge < -0.3 is 10.6 Å². The summed E-state index contributed by atoms with van der Waals surface area (Å²) in [5.74, 6) is -0.632. The number of anilines is 2. The molecule has 0 saturated carbocycles. The third kappa shape index (κ3) is 2.29. The highest BCUT2D eigenvalue weighted by atomic mass is 19.1. The lowest BCUT2D eigenvalue weighted by Crippen LogP contribution is -2.27. The van der Waals surface area contributed by atoms with E-state index in [0.29, 0.717) is 16.9 Å². The van der Waals surface area contributed by atoms with Gasteiger partial charge in [0.15, 0.2) is 0 Å². The Bertz CT molecular complexity index is 569. The average molecular weight is 245 g/mol. The molecule has 0 unspecified atom stereocenters. The van der Waals surface area contributed by atoms with E-state index >= 15 is 0 Å². The summed E-state index contributed by atoms with van der Waals surface area (Å²) in [5, 5.41) is 0. The molecule has 0 saturated heterocycles. The molecule has 1 aromatic carbocycles. The molecule has 92 valence electrons. The predicted molar refractivity (Wildman–Crippen MR) is 67.8 cm³/mol. The van der Waals surface area contributed by atoms with Gasteiger partial charge in [-0.2, -0.15) is 0 Å². The number of halogens is 1. The van der Waals surface area contributed by atoms with Gasteiger partial charge in [-0.15, -0.1) is 0 Å². The minimum atomic E-state index is -0.347. The summed E-state index contributed by atoms with van der Waals surface area (Å²) >= 11 is 0. The predicted octanol–water partition coefficient (Wildman–Crippen LogP) is 2.08. The van der Waals surface area contributed by atoms with E-state index in [1.54, 1.807) is 13.1 Å². The molecule has 1 aromatic heterocycles. The molecule has 5 heteroatoms. The van der Waals surface area contributed by atoms with E-state index in [-0.39, 0.29) is 11.7 Å². The van der Waals surface area contributed by atoms with E-state index in [1.807, 2.05) is 0 Å². The first-order chi connectivity index (χ1) is 8.59. The van der Waals surface area contributed by atoms with Crippen LogP contribution in [0.3, 0.4) is 0 Å². The van der Waals surface area contributed by atoms with E-state index in [4.69, 9.17) is 5.73 Å². The van der Waals surface area contributed by atoms with Gasteiger partial charge in [-0.1, -0.05) is 0 Å². The van der Waals surface area contributed by atoms with Crippen molar-refractivity contribution in [2.45, 2.75) is 0 Å². The van der Waals surface area contributed by atoms with Crippen molar-refractivity contribution in [2.24, 2.45) is 0 Å². The Kier molecular flexibility index (Phi) is 3.23. The Labute approximate surface area is 104 Å². The minimum Gasteiger partial charge on any atom is -0.398 e. The van der Waals surface area contributed by atoms with Crippen molar-refractivity contribution in [2.75, 3.05) is 17.7 Å². The number of carbonyl (C=O) groups is 1. The first-order valence-corrected chi connectivity index (χ1v) is 5.32. The fourth-order valence-corrected chi connectivity index (χ4v) is 1.55. The Morgan fingerprint density at radius 3 is 2.56 bits per heavy atom. The van der Waals surface area contributed by atoms with Crippen LogP contribution in [0, 0.1) is 5.82 Å². The fraction of sp³-hybridized carbons (Fsp3) is 0.0769. The summed E-state index contributed by atoms with van der Waals surface area (Å²) in [5.41, 5.74) is 6.99. The van der Waals surface area contributed by atoms with Gasteiger partial charge in [-0.05, 0) is 30.3 Å². The molecule has 0 spiro atoms. The molecule has 2 N–H and O–H groups in total. The smallest absolute Gasteiger partial charge is 0.261 e. The normalized spacial score (nSPS) is 10.1. The number of rotatable bonds is 2. The first-order valence-electron chi connectivity index (χ1n) is 5.32. The van der Waals surface area contributed by atoms with Crippen LogP contribution in [0.25, 0.3) is 0 Å². The molecule has 0 aliphatic rings. The van der Waals surface area contributed by atoms with Crippen molar-refractivity contribution >= 4 is 17.3 Å². The monoisotopic (exact) mass is 245 g/mol. The largest absolute Gasteiger partial charge is 0.398 e. The van der Waals surface area contributed by atoms with Crippen molar-refractivity contribution in [1.29, 1.82) is 0 Å². The molecule has 1 heterocycles. The molecule has 2 rings (SSSR count). The van der Waals surface area contributed by atoms with E-state index in [9.17, 15) is 9.18 Å². The fourth-order valence-electron chi connectivity index (χ4n) is 1.55. The summed E-state index contributed by atoms with van der Waals surface area (Å²) in [7, 11) is 1.60. The molecule has 0 bridgehead atoms. The third-order valence-electron chi connectivity index (χ3n) is 2.60. The van der Waals surface area contributed by atoms with Crippen LogP contribution in [-0.4, -0.2) is 17.9 Å². The molecule has 0 atom stereocenters. The summed E-state index contributed by atoms with van der Waals surface area (Å²) in [6.45, 7) is 0. The number of aromatic nitrogens is 1. The highest BCUT2D eigenvalue weighted by Crippen LogP contribution is 2.18. The quantitative estimate of drug-likeness (QED) is 0.881. The zero-order valence-electron chi connectivity index (χ0n) is 9.80. The second-order valence-electron chi connectivity index (χ2n) is 3.80. The number of nitrogens with two attached hydrogens (primary N) is 1. The number of hydrogen-bond donors (Lipinski definition) is 1. The van der Waals surface area contributed by atoms with Gasteiger partial charge in [-0.3, -0.25) is 9.78 Å². The number of hydrogen-bond acceptors (Lipinski definition) is 3. The lowest BCUT2D eigenvalue weighted by Gasteiger charge is -2.17. The molecule has 0 radical (unpaired) electrons. The molecule has 0 fully saturated rings. The Morgan fingerprint density at radius 2 is 1.94 bits per heavy atom. The second kappa shape index (κ2) is 4.83. The van der Waals surface area contributed by atoms with Crippen molar-refractivity contribution in [3.63, 3.8) is 0 Å². The lowest BCUT2D eigenvalue weighted by atomic mass is 10.2. The molecular formula is C13H12FN3O. The summed E-state index contributed by atoms with van der Waals surface area (Å²) in [6.07, 6.45) is 2.93. The van der Waals surface area contributed by atoms with Crippen LogP contribution in [-0.2, 0) is 0 Å². The van der Waals surface area contributed by atoms with E-state index in [0.717, 1.165) is 0 Å². The number of benzene rings is 1. The number of carbonyl (C=O) groups excluding carboxylic acids is 1. The van der Waals surface area contributed by atoms with Crippen LogP contribution >= 0.6 is 0 Å². The Hall–Kier alpha value is -2.43. The van der Waals surface area contributed by atoms with E-state index in [2.05, 4.69) is 4.98 Å². The van der Waals surface area contributed by atoms with Crippen LogP contribution < -0.4 is 10.6 Å². The molecule has 1 amide bonds. The van der Waals surface area contributed by atoms with Crippen LogP contribution in [0.5, 0.6) is 0 Å². The van der Waals surface area contributed by atoms with Crippen LogP contribution in [0.15, 0.2) is 42.7 Å². The highest BCUT2D eigenvalue weighted by Gasteiger charge is 2.16. The average Bonchev–Trinajstić information content (AvgIpc) is 2.38. The molecule has 0 aliphatic carbocycles. The number of nitrogen functional groups attached to an aromatic ring is 1. The summed E-state index contributed by atoms with van der Waals surface area (Å²) in [4.78, 5) is 17.4.